The maximum Gasteiger partial charge on any atom is 0.196 e. The third-order valence-electron chi connectivity index (χ3n) is 2.82. The zero-order valence-electron chi connectivity index (χ0n) is 11.4. The summed E-state index contributed by atoms with van der Waals surface area (Å²) in [4.78, 5) is 12.5. The number of methoxy groups -OCH3 is 1. The highest BCUT2D eigenvalue weighted by atomic mass is 19.1. The molecule has 2 rings (SSSR count). The fourth-order valence-corrected chi connectivity index (χ4v) is 1.83. The van der Waals surface area contributed by atoms with Crippen LogP contribution < -0.4 is 4.74 Å². The maximum atomic E-state index is 12.9. The molecule has 20 heavy (non-hydrogen) atoms. The fraction of sp³-hybridized carbons (Fsp3) is 0.188. The van der Waals surface area contributed by atoms with Gasteiger partial charge in [0.1, 0.15) is 11.6 Å². The summed E-state index contributed by atoms with van der Waals surface area (Å²) in [5, 5.41) is 0. The van der Waals surface area contributed by atoms with Crippen molar-refractivity contribution >= 4 is 5.78 Å². The Hall–Kier alpha value is -2.20. The van der Waals surface area contributed by atoms with E-state index in [9.17, 15) is 9.18 Å². The molecule has 0 N–H and O–H groups in total. The van der Waals surface area contributed by atoms with Crippen LogP contribution in [0.1, 0.15) is 21.5 Å². The Kier molecular flexibility index (Phi) is 4.48. The first-order valence-electron chi connectivity index (χ1n) is 6.14. The van der Waals surface area contributed by atoms with Crippen LogP contribution in [0.2, 0.25) is 0 Å². The maximum absolute atomic E-state index is 12.9. The van der Waals surface area contributed by atoms with Crippen molar-refractivity contribution in [2.45, 2.75) is 6.92 Å². The number of ketones is 1. The lowest BCUT2D eigenvalue weighted by atomic mass is 10.0. The molecule has 4 heteroatoms. The van der Waals surface area contributed by atoms with Crippen molar-refractivity contribution in [3.8, 4) is 5.75 Å². The number of carbonyl (C=O) groups is 1. The third kappa shape index (κ3) is 3.22. The second kappa shape index (κ2) is 6.30. The molecule has 0 aromatic heterocycles. The van der Waals surface area contributed by atoms with Crippen molar-refractivity contribution in [3.63, 3.8) is 0 Å². The lowest BCUT2D eigenvalue weighted by molar-refractivity contribution is 0.0503. The standard InChI is InChI=1S/C16H15FO3/c1-11-3-8-15(20-10-19-2)14(9-11)16(18)12-4-6-13(17)7-5-12/h3-9H,10H2,1-2H3. The minimum Gasteiger partial charge on any atom is -0.467 e. The summed E-state index contributed by atoms with van der Waals surface area (Å²) in [5.74, 6) is -0.131. The summed E-state index contributed by atoms with van der Waals surface area (Å²) in [6.07, 6.45) is 0. The first kappa shape index (κ1) is 14.2. The topological polar surface area (TPSA) is 35.5 Å². The van der Waals surface area contributed by atoms with Gasteiger partial charge >= 0.3 is 0 Å². The Balaban J connectivity index is 2.37. The van der Waals surface area contributed by atoms with Gasteiger partial charge in [0.25, 0.3) is 0 Å². The minimum absolute atomic E-state index is 0.0623. The number of benzene rings is 2. The Morgan fingerprint density at radius 3 is 2.50 bits per heavy atom. The zero-order chi connectivity index (χ0) is 14.5. The molecule has 0 amide bonds. The van der Waals surface area contributed by atoms with Gasteiger partial charge in [0, 0.05) is 12.7 Å². The lowest BCUT2D eigenvalue weighted by Crippen LogP contribution is -2.07. The van der Waals surface area contributed by atoms with Crippen LogP contribution in [0.3, 0.4) is 0 Å². The first-order chi connectivity index (χ1) is 9.61. The molecule has 0 aliphatic carbocycles. The predicted octanol–water partition coefficient (Wildman–Crippen LogP) is 3.35. The van der Waals surface area contributed by atoms with Crippen molar-refractivity contribution in [3.05, 3.63) is 65.0 Å². The second-order valence-corrected chi connectivity index (χ2v) is 4.39. The molecule has 0 heterocycles. The summed E-state index contributed by atoms with van der Waals surface area (Å²) < 4.78 is 23.1. The van der Waals surface area contributed by atoms with Crippen molar-refractivity contribution < 1.29 is 18.7 Å². The monoisotopic (exact) mass is 274 g/mol. The summed E-state index contributed by atoms with van der Waals surface area (Å²) in [6, 6.07) is 10.8. The van der Waals surface area contributed by atoms with Gasteiger partial charge in [-0.1, -0.05) is 11.6 Å². The SMILES string of the molecule is COCOc1ccc(C)cc1C(=O)c1ccc(F)cc1. The van der Waals surface area contributed by atoms with Gasteiger partial charge in [-0.05, 0) is 43.3 Å². The van der Waals surface area contributed by atoms with Gasteiger partial charge in [0.15, 0.2) is 12.6 Å². The van der Waals surface area contributed by atoms with Gasteiger partial charge < -0.3 is 9.47 Å². The van der Waals surface area contributed by atoms with E-state index in [1.807, 2.05) is 13.0 Å². The van der Waals surface area contributed by atoms with E-state index in [1.54, 1.807) is 12.1 Å². The van der Waals surface area contributed by atoms with Crippen LogP contribution in [-0.4, -0.2) is 19.7 Å². The highest BCUT2D eigenvalue weighted by Crippen LogP contribution is 2.23. The van der Waals surface area contributed by atoms with Gasteiger partial charge in [0.2, 0.25) is 0 Å². The number of aryl methyl sites for hydroxylation is 1. The van der Waals surface area contributed by atoms with Crippen LogP contribution in [-0.2, 0) is 4.74 Å². The van der Waals surface area contributed by atoms with Crippen molar-refractivity contribution in [2.24, 2.45) is 0 Å². The average molecular weight is 274 g/mol. The van der Waals surface area contributed by atoms with Crippen LogP contribution in [0.4, 0.5) is 4.39 Å². The molecule has 0 atom stereocenters. The van der Waals surface area contributed by atoms with E-state index >= 15 is 0 Å². The molecule has 2 aromatic rings. The smallest absolute Gasteiger partial charge is 0.196 e. The molecule has 0 bridgehead atoms. The number of rotatable bonds is 5. The normalized spacial score (nSPS) is 10.3. The molecular formula is C16H15FO3. The first-order valence-corrected chi connectivity index (χ1v) is 6.14. The highest BCUT2D eigenvalue weighted by molar-refractivity contribution is 6.10. The molecule has 104 valence electrons. The van der Waals surface area contributed by atoms with Crippen molar-refractivity contribution in [1.82, 2.24) is 0 Å². The molecule has 0 radical (unpaired) electrons. The molecule has 0 spiro atoms. The fourth-order valence-electron chi connectivity index (χ4n) is 1.83. The number of carbonyl (C=O) groups excluding carboxylic acids is 1. The van der Waals surface area contributed by atoms with E-state index in [1.165, 1.54) is 31.4 Å². The van der Waals surface area contributed by atoms with E-state index in [2.05, 4.69) is 0 Å². The van der Waals surface area contributed by atoms with Gasteiger partial charge in [-0.15, -0.1) is 0 Å². The molecule has 0 saturated carbocycles. The van der Waals surface area contributed by atoms with Gasteiger partial charge in [0.05, 0.1) is 5.56 Å². The number of ether oxygens (including phenoxy) is 2. The largest absolute Gasteiger partial charge is 0.467 e. The van der Waals surface area contributed by atoms with Crippen LogP contribution >= 0.6 is 0 Å². The van der Waals surface area contributed by atoms with Crippen molar-refractivity contribution in [1.29, 1.82) is 0 Å². The van der Waals surface area contributed by atoms with Gasteiger partial charge in [-0.3, -0.25) is 4.79 Å². The molecule has 0 aliphatic heterocycles. The van der Waals surface area contributed by atoms with E-state index in [0.717, 1.165) is 5.56 Å². The molecule has 3 nitrogen and oxygen atoms in total. The number of hydrogen-bond acceptors (Lipinski definition) is 3. The van der Waals surface area contributed by atoms with Gasteiger partial charge in [-0.25, -0.2) is 4.39 Å². The summed E-state index contributed by atoms with van der Waals surface area (Å²) >= 11 is 0. The third-order valence-corrected chi connectivity index (χ3v) is 2.82. The Morgan fingerprint density at radius 1 is 1.15 bits per heavy atom. The highest BCUT2D eigenvalue weighted by Gasteiger charge is 2.15. The minimum atomic E-state index is -0.373. The molecular weight excluding hydrogens is 259 g/mol. The zero-order valence-corrected chi connectivity index (χ0v) is 11.4. The van der Waals surface area contributed by atoms with Crippen LogP contribution in [0.15, 0.2) is 42.5 Å². The molecule has 0 unspecified atom stereocenters. The van der Waals surface area contributed by atoms with E-state index < -0.39 is 0 Å². The Bertz CT molecular complexity index is 606. The molecule has 0 saturated heterocycles. The van der Waals surface area contributed by atoms with Crippen LogP contribution in [0.5, 0.6) is 5.75 Å². The average Bonchev–Trinajstić information content (AvgIpc) is 2.46. The van der Waals surface area contributed by atoms with Crippen LogP contribution in [0, 0.1) is 12.7 Å². The second-order valence-electron chi connectivity index (χ2n) is 4.39. The molecule has 0 fully saturated rings. The summed E-state index contributed by atoms with van der Waals surface area (Å²) in [7, 11) is 1.51. The van der Waals surface area contributed by atoms with Crippen LogP contribution in [0.25, 0.3) is 0 Å². The van der Waals surface area contributed by atoms with E-state index in [0.29, 0.717) is 16.9 Å². The molecule has 0 aliphatic rings. The quantitative estimate of drug-likeness (QED) is 0.619. The molecule has 2 aromatic carbocycles. The predicted molar refractivity (Wildman–Crippen MR) is 73.5 cm³/mol. The lowest BCUT2D eigenvalue weighted by Gasteiger charge is -2.11. The van der Waals surface area contributed by atoms with E-state index in [-0.39, 0.29) is 18.4 Å². The van der Waals surface area contributed by atoms with Crippen molar-refractivity contribution in [2.75, 3.05) is 13.9 Å². The Morgan fingerprint density at radius 2 is 1.85 bits per heavy atom. The summed E-state index contributed by atoms with van der Waals surface area (Å²) in [6.45, 7) is 1.95. The van der Waals surface area contributed by atoms with Gasteiger partial charge in [-0.2, -0.15) is 0 Å². The number of halogens is 1. The van der Waals surface area contributed by atoms with E-state index in [4.69, 9.17) is 9.47 Å². The Labute approximate surface area is 117 Å². The number of hydrogen-bond donors (Lipinski definition) is 0. The summed E-state index contributed by atoms with van der Waals surface area (Å²) in [5.41, 5.74) is 1.80.